The fourth-order valence-corrected chi connectivity index (χ4v) is 1.70. The molecule has 1 unspecified atom stereocenters. The SMILES string of the molecule is CC(C)(C)OC(=O)NC(CN)Cc1ccncc1Cl. The lowest BCUT2D eigenvalue weighted by molar-refractivity contribution is 0.0506. The summed E-state index contributed by atoms with van der Waals surface area (Å²) in [5.74, 6) is 0. The summed E-state index contributed by atoms with van der Waals surface area (Å²) in [5, 5.41) is 3.30. The van der Waals surface area contributed by atoms with Crippen LogP contribution in [0, 0.1) is 0 Å². The molecule has 19 heavy (non-hydrogen) atoms. The second-order valence-electron chi connectivity index (χ2n) is 5.25. The molecule has 1 amide bonds. The number of rotatable bonds is 4. The quantitative estimate of drug-likeness (QED) is 0.888. The summed E-state index contributed by atoms with van der Waals surface area (Å²) in [5.41, 5.74) is 6.02. The van der Waals surface area contributed by atoms with E-state index >= 15 is 0 Å². The fourth-order valence-electron chi connectivity index (χ4n) is 1.50. The highest BCUT2D eigenvalue weighted by Gasteiger charge is 2.19. The third kappa shape index (κ3) is 5.89. The van der Waals surface area contributed by atoms with Gasteiger partial charge < -0.3 is 15.8 Å². The minimum Gasteiger partial charge on any atom is -0.444 e. The number of amides is 1. The Bertz CT molecular complexity index is 432. The zero-order chi connectivity index (χ0) is 14.5. The molecule has 106 valence electrons. The molecule has 1 heterocycles. The van der Waals surface area contributed by atoms with Crippen molar-refractivity contribution in [3.63, 3.8) is 0 Å². The standard InChI is InChI=1S/C13H20ClN3O2/c1-13(2,3)19-12(18)17-10(7-15)6-9-4-5-16-8-11(9)14/h4-5,8,10H,6-7,15H2,1-3H3,(H,17,18). The first-order valence-corrected chi connectivity index (χ1v) is 6.47. The number of alkyl carbamates (subject to hydrolysis) is 1. The van der Waals surface area contributed by atoms with Gasteiger partial charge in [0.1, 0.15) is 5.60 Å². The molecule has 0 aliphatic rings. The van der Waals surface area contributed by atoms with Crippen molar-refractivity contribution in [1.82, 2.24) is 10.3 Å². The first kappa shape index (κ1) is 15.7. The van der Waals surface area contributed by atoms with Crippen molar-refractivity contribution in [2.75, 3.05) is 6.54 Å². The number of nitrogens with one attached hydrogen (secondary N) is 1. The lowest BCUT2D eigenvalue weighted by Crippen LogP contribution is -2.44. The van der Waals surface area contributed by atoms with Crippen molar-refractivity contribution >= 4 is 17.7 Å². The van der Waals surface area contributed by atoms with Crippen LogP contribution in [-0.2, 0) is 11.2 Å². The van der Waals surface area contributed by atoms with Gasteiger partial charge in [0.15, 0.2) is 0 Å². The van der Waals surface area contributed by atoms with Gasteiger partial charge in [-0.15, -0.1) is 0 Å². The van der Waals surface area contributed by atoms with Crippen LogP contribution >= 0.6 is 11.6 Å². The molecule has 0 aromatic carbocycles. The largest absolute Gasteiger partial charge is 0.444 e. The smallest absolute Gasteiger partial charge is 0.407 e. The molecule has 1 atom stereocenters. The lowest BCUT2D eigenvalue weighted by atomic mass is 10.1. The van der Waals surface area contributed by atoms with Gasteiger partial charge in [-0.2, -0.15) is 0 Å². The Hall–Kier alpha value is -1.33. The maximum atomic E-state index is 11.7. The Morgan fingerprint density at radius 1 is 1.58 bits per heavy atom. The van der Waals surface area contributed by atoms with Gasteiger partial charge in [-0.05, 0) is 38.8 Å². The second kappa shape index (κ2) is 6.73. The number of nitrogens with zero attached hydrogens (tertiary/aromatic N) is 1. The van der Waals surface area contributed by atoms with E-state index in [2.05, 4.69) is 10.3 Å². The van der Waals surface area contributed by atoms with Crippen molar-refractivity contribution in [2.45, 2.75) is 38.8 Å². The van der Waals surface area contributed by atoms with E-state index < -0.39 is 11.7 Å². The number of hydrogen-bond acceptors (Lipinski definition) is 4. The van der Waals surface area contributed by atoms with Crippen LogP contribution in [0.4, 0.5) is 4.79 Å². The third-order valence-electron chi connectivity index (χ3n) is 2.33. The molecule has 5 nitrogen and oxygen atoms in total. The molecule has 1 rings (SSSR count). The molecular formula is C13H20ClN3O2. The third-order valence-corrected chi connectivity index (χ3v) is 2.67. The lowest BCUT2D eigenvalue weighted by Gasteiger charge is -2.23. The molecule has 0 fully saturated rings. The van der Waals surface area contributed by atoms with Crippen molar-refractivity contribution in [1.29, 1.82) is 0 Å². The molecule has 6 heteroatoms. The van der Waals surface area contributed by atoms with Crippen LogP contribution in [0.1, 0.15) is 26.3 Å². The average molecular weight is 286 g/mol. The molecule has 0 bridgehead atoms. The summed E-state index contributed by atoms with van der Waals surface area (Å²) in [6.07, 6.45) is 3.28. The number of nitrogens with two attached hydrogens (primary N) is 1. The molecule has 0 aliphatic carbocycles. The van der Waals surface area contributed by atoms with E-state index in [9.17, 15) is 4.79 Å². The highest BCUT2D eigenvalue weighted by atomic mass is 35.5. The van der Waals surface area contributed by atoms with Crippen LogP contribution in [0.2, 0.25) is 5.02 Å². The van der Waals surface area contributed by atoms with Gasteiger partial charge in [-0.1, -0.05) is 11.6 Å². The molecule has 1 aromatic rings. The van der Waals surface area contributed by atoms with Gasteiger partial charge in [0.05, 0.1) is 5.02 Å². The topological polar surface area (TPSA) is 77.2 Å². The number of aromatic nitrogens is 1. The van der Waals surface area contributed by atoms with Gasteiger partial charge >= 0.3 is 6.09 Å². The zero-order valence-corrected chi connectivity index (χ0v) is 12.2. The normalized spacial score (nSPS) is 12.9. The Morgan fingerprint density at radius 3 is 2.79 bits per heavy atom. The van der Waals surface area contributed by atoms with E-state index in [1.807, 2.05) is 26.8 Å². The fraction of sp³-hybridized carbons (Fsp3) is 0.538. The molecule has 1 aromatic heterocycles. The van der Waals surface area contributed by atoms with E-state index in [-0.39, 0.29) is 6.04 Å². The summed E-state index contributed by atoms with van der Waals surface area (Å²) in [7, 11) is 0. The second-order valence-corrected chi connectivity index (χ2v) is 5.66. The number of carbonyl (C=O) groups excluding carboxylic acids is 1. The van der Waals surface area contributed by atoms with Crippen LogP contribution in [0.3, 0.4) is 0 Å². The summed E-state index contributed by atoms with van der Waals surface area (Å²) < 4.78 is 5.19. The number of hydrogen-bond donors (Lipinski definition) is 2. The minimum atomic E-state index is -0.530. The van der Waals surface area contributed by atoms with E-state index in [0.717, 1.165) is 5.56 Å². The molecule has 0 radical (unpaired) electrons. The Morgan fingerprint density at radius 2 is 2.26 bits per heavy atom. The number of carbonyl (C=O) groups is 1. The molecular weight excluding hydrogens is 266 g/mol. The highest BCUT2D eigenvalue weighted by molar-refractivity contribution is 6.31. The first-order valence-electron chi connectivity index (χ1n) is 6.10. The van der Waals surface area contributed by atoms with Gasteiger partial charge in [-0.25, -0.2) is 4.79 Å². The van der Waals surface area contributed by atoms with E-state index in [0.29, 0.717) is 18.0 Å². The van der Waals surface area contributed by atoms with Crippen molar-refractivity contribution < 1.29 is 9.53 Å². The van der Waals surface area contributed by atoms with E-state index in [1.165, 1.54) is 0 Å². The van der Waals surface area contributed by atoms with Crippen LogP contribution in [0.15, 0.2) is 18.5 Å². The van der Waals surface area contributed by atoms with Gasteiger partial charge in [0.2, 0.25) is 0 Å². The van der Waals surface area contributed by atoms with Gasteiger partial charge in [-0.3, -0.25) is 4.98 Å². The van der Waals surface area contributed by atoms with Crippen LogP contribution in [-0.4, -0.2) is 29.3 Å². The number of pyridine rings is 1. The molecule has 0 spiro atoms. The summed E-state index contributed by atoms with van der Waals surface area (Å²) in [6, 6.07) is 1.58. The Kier molecular flexibility index (Phi) is 5.57. The molecule has 0 saturated carbocycles. The van der Waals surface area contributed by atoms with Crippen LogP contribution in [0.25, 0.3) is 0 Å². The van der Waals surface area contributed by atoms with Gasteiger partial charge in [0, 0.05) is 25.0 Å². The maximum absolute atomic E-state index is 11.7. The van der Waals surface area contributed by atoms with Crippen molar-refractivity contribution in [3.05, 3.63) is 29.0 Å². The Labute approximate surface area is 118 Å². The Balaban J connectivity index is 2.60. The van der Waals surface area contributed by atoms with Crippen LogP contribution < -0.4 is 11.1 Å². The van der Waals surface area contributed by atoms with Gasteiger partial charge in [0.25, 0.3) is 0 Å². The van der Waals surface area contributed by atoms with Crippen LogP contribution in [0.5, 0.6) is 0 Å². The number of ether oxygens (including phenoxy) is 1. The first-order chi connectivity index (χ1) is 8.81. The predicted molar refractivity (Wildman–Crippen MR) is 75.2 cm³/mol. The molecule has 0 aliphatic heterocycles. The summed E-state index contributed by atoms with van der Waals surface area (Å²) in [4.78, 5) is 15.6. The molecule has 3 N–H and O–H groups in total. The van der Waals surface area contributed by atoms with Crippen molar-refractivity contribution in [2.24, 2.45) is 5.73 Å². The minimum absolute atomic E-state index is 0.227. The van der Waals surface area contributed by atoms with E-state index in [4.69, 9.17) is 22.1 Å². The highest BCUT2D eigenvalue weighted by Crippen LogP contribution is 2.15. The zero-order valence-electron chi connectivity index (χ0n) is 11.4. The molecule has 0 saturated heterocycles. The average Bonchev–Trinajstić information content (AvgIpc) is 2.28. The maximum Gasteiger partial charge on any atom is 0.407 e. The summed E-state index contributed by atoms with van der Waals surface area (Å²) >= 11 is 6.02. The number of halogens is 1. The van der Waals surface area contributed by atoms with E-state index in [1.54, 1.807) is 12.4 Å². The van der Waals surface area contributed by atoms with Crippen molar-refractivity contribution in [3.8, 4) is 0 Å². The predicted octanol–water partition coefficient (Wildman–Crippen LogP) is 2.13. The summed E-state index contributed by atoms with van der Waals surface area (Å²) in [6.45, 7) is 5.73. The monoisotopic (exact) mass is 285 g/mol.